The van der Waals surface area contributed by atoms with Crippen molar-refractivity contribution in [2.75, 3.05) is 7.11 Å². The molecule has 8 atom stereocenters. The van der Waals surface area contributed by atoms with Gasteiger partial charge < -0.3 is 34.3 Å². The molecular formula is C13H24O7. The van der Waals surface area contributed by atoms with E-state index >= 15 is 0 Å². The average Bonchev–Trinajstić information content (AvgIpc) is 2.42. The molecule has 118 valence electrons. The molecule has 2 saturated heterocycles. The van der Waals surface area contributed by atoms with Gasteiger partial charge in [0.1, 0.15) is 18.3 Å². The third-order valence-electron chi connectivity index (χ3n) is 3.93. The lowest BCUT2D eigenvalue weighted by atomic mass is 9.99. The summed E-state index contributed by atoms with van der Waals surface area (Å²) in [4.78, 5) is 0. The van der Waals surface area contributed by atoms with E-state index in [1.165, 1.54) is 7.11 Å². The van der Waals surface area contributed by atoms with E-state index in [2.05, 4.69) is 0 Å². The van der Waals surface area contributed by atoms with Crippen molar-refractivity contribution in [3.8, 4) is 0 Å². The lowest BCUT2D eigenvalue weighted by Gasteiger charge is -2.43. The van der Waals surface area contributed by atoms with Gasteiger partial charge in [-0.1, -0.05) is 0 Å². The maximum absolute atomic E-state index is 10.1. The molecule has 0 aromatic carbocycles. The van der Waals surface area contributed by atoms with Crippen molar-refractivity contribution in [3.63, 3.8) is 0 Å². The lowest BCUT2D eigenvalue weighted by Crippen LogP contribution is -2.59. The number of hydrogen-bond acceptors (Lipinski definition) is 7. The van der Waals surface area contributed by atoms with E-state index in [0.29, 0.717) is 12.8 Å². The molecule has 0 radical (unpaired) electrons. The fourth-order valence-electron chi connectivity index (χ4n) is 2.57. The molecule has 0 amide bonds. The minimum Gasteiger partial charge on any atom is -0.390 e. The van der Waals surface area contributed by atoms with Crippen molar-refractivity contribution >= 4 is 0 Å². The zero-order valence-corrected chi connectivity index (χ0v) is 12.0. The van der Waals surface area contributed by atoms with Crippen LogP contribution in [0.3, 0.4) is 0 Å². The monoisotopic (exact) mass is 292 g/mol. The summed E-state index contributed by atoms with van der Waals surface area (Å²) in [6, 6.07) is 0. The van der Waals surface area contributed by atoms with Gasteiger partial charge in [0.05, 0.1) is 18.3 Å². The van der Waals surface area contributed by atoms with Crippen LogP contribution in [0, 0.1) is 0 Å². The minimum atomic E-state index is -1.10. The van der Waals surface area contributed by atoms with Crippen LogP contribution >= 0.6 is 0 Å². The maximum atomic E-state index is 10.1. The quantitative estimate of drug-likeness (QED) is 0.637. The van der Waals surface area contributed by atoms with Gasteiger partial charge in [-0.25, -0.2) is 0 Å². The van der Waals surface area contributed by atoms with E-state index in [-0.39, 0.29) is 6.10 Å². The van der Waals surface area contributed by atoms with Crippen LogP contribution in [0.4, 0.5) is 0 Å². The summed E-state index contributed by atoms with van der Waals surface area (Å²) in [5.41, 5.74) is 0. The summed E-state index contributed by atoms with van der Waals surface area (Å²) in [6.07, 6.45) is -4.62. The van der Waals surface area contributed by atoms with E-state index in [4.69, 9.17) is 18.9 Å². The van der Waals surface area contributed by atoms with Gasteiger partial charge in [-0.15, -0.1) is 0 Å². The van der Waals surface area contributed by atoms with Crippen molar-refractivity contribution in [1.29, 1.82) is 0 Å². The van der Waals surface area contributed by atoms with Crippen LogP contribution in [0.15, 0.2) is 0 Å². The van der Waals surface area contributed by atoms with Gasteiger partial charge in [-0.3, -0.25) is 0 Å². The molecule has 2 rings (SSSR count). The van der Waals surface area contributed by atoms with Gasteiger partial charge in [0, 0.05) is 13.5 Å². The molecule has 0 aromatic rings. The number of hydrogen-bond donors (Lipinski definition) is 3. The highest BCUT2D eigenvalue weighted by Crippen LogP contribution is 2.28. The predicted octanol–water partition coefficient (Wildman–Crippen LogP) is -0.630. The molecule has 0 aromatic heterocycles. The second-order valence-electron chi connectivity index (χ2n) is 5.44. The summed E-state index contributed by atoms with van der Waals surface area (Å²) in [6.45, 7) is 3.45. The molecule has 0 saturated carbocycles. The van der Waals surface area contributed by atoms with Gasteiger partial charge in [0.25, 0.3) is 0 Å². The summed E-state index contributed by atoms with van der Waals surface area (Å²) in [5, 5.41) is 29.8. The van der Waals surface area contributed by atoms with E-state index < -0.39 is 43.1 Å². The molecule has 7 heteroatoms. The Balaban J connectivity index is 1.98. The Kier molecular flexibility index (Phi) is 5.36. The van der Waals surface area contributed by atoms with Crippen LogP contribution in [0.5, 0.6) is 0 Å². The first-order valence-electron chi connectivity index (χ1n) is 6.97. The first-order chi connectivity index (χ1) is 9.43. The molecule has 2 fully saturated rings. The number of methoxy groups -OCH3 is 1. The zero-order chi connectivity index (χ0) is 14.9. The molecule has 2 aliphatic rings. The minimum absolute atomic E-state index is 0.335. The van der Waals surface area contributed by atoms with Crippen molar-refractivity contribution in [3.05, 3.63) is 0 Å². The van der Waals surface area contributed by atoms with E-state index in [0.717, 1.165) is 0 Å². The second-order valence-corrected chi connectivity index (χ2v) is 5.44. The van der Waals surface area contributed by atoms with E-state index in [9.17, 15) is 15.3 Å². The topological polar surface area (TPSA) is 97.6 Å². The van der Waals surface area contributed by atoms with E-state index in [1.54, 1.807) is 13.8 Å². The predicted molar refractivity (Wildman–Crippen MR) is 67.8 cm³/mol. The summed E-state index contributed by atoms with van der Waals surface area (Å²) in [5.74, 6) is 0. The first-order valence-corrected chi connectivity index (χ1v) is 6.97. The molecule has 0 spiro atoms. The lowest BCUT2D eigenvalue weighted by molar-refractivity contribution is -0.327. The van der Waals surface area contributed by atoms with Crippen LogP contribution in [0.1, 0.15) is 26.7 Å². The molecule has 2 aliphatic heterocycles. The van der Waals surface area contributed by atoms with Crippen molar-refractivity contribution in [1.82, 2.24) is 0 Å². The van der Waals surface area contributed by atoms with Crippen LogP contribution in [0.2, 0.25) is 0 Å². The number of rotatable bonds is 3. The molecule has 20 heavy (non-hydrogen) atoms. The Hall–Kier alpha value is -0.280. The van der Waals surface area contributed by atoms with Crippen molar-refractivity contribution in [2.24, 2.45) is 0 Å². The van der Waals surface area contributed by atoms with Crippen LogP contribution < -0.4 is 0 Å². The number of aliphatic hydroxyl groups is 3. The second kappa shape index (κ2) is 6.65. The third-order valence-corrected chi connectivity index (χ3v) is 3.93. The van der Waals surface area contributed by atoms with Crippen LogP contribution in [-0.2, 0) is 18.9 Å². The Morgan fingerprint density at radius 3 is 2.25 bits per heavy atom. The summed E-state index contributed by atoms with van der Waals surface area (Å²) >= 11 is 0. The Morgan fingerprint density at radius 2 is 1.65 bits per heavy atom. The molecule has 2 heterocycles. The highest BCUT2D eigenvalue weighted by atomic mass is 16.7. The highest BCUT2D eigenvalue weighted by molar-refractivity contribution is 4.89. The first kappa shape index (κ1) is 16.1. The Labute approximate surface area is 118 Å². The molecule has 0 bridgehead atoms. The van der Waals surface area contributed by atoms with Crippen molar-refractivity contribution in [2.45, 2.75) is 75.9 Å². The van der Waals surface area contributed by atoms with Gasteiger partial charge in [-0.2, -0.15) is 0 Å². The third kappa shape index (κ3) is 3.30. The standard InChI is InChI=1S/C13H24O7/c1-6-8(14)4-5-9(18-6)20-12-10(15)7(2)19-13(17-3)11(12)16/h6-16H,4-5H2,1-3H3/t6-,7-,8-,9-,10+,11-,12+,13+/m0/s1. The summed E-state index contributed by atoms with van der Waals surface area (Å²) < 4.78 is 21.6. The van der Waals surface area contributed by atoms with Gasteiger partial charge >= 0.3 is 0 Å². The fourth-order valence-corrected chi connectivity index (χ4v) is 2.57. The Bertz CT molecular complexity index is 313. The van der Waals surface area contributed by atoms with Gasteiger partial charge in [-0.05, 0) is 20.3 Å². The fraction of sp³-hybridized carbons (Fsp3) is 1.00. The molecular weight excluding hydrogens is 268 g/mol. The number of ether oxygens (including phenoxy) is 4. The Morgan fingerprint density at radius 1 is 0.950 bits per heavy atom. The summed E-state index contributed by atoms with van der Waals surface area (Å²) in [7, 11) is 1.42. The normalized spacial score (nSPS) is 50.1. The molecule has 7 nitrogen and oxygen atoms in total. The van der Waals surface area contributed by atoms with Crippen LogP contribution in [-0.4, -0.2) is 71.6 Å². The average molecular weight is 292 g/mol. The molecule has 3 N–H and O–H groups in total. The van der Waals surface area contributed by atoms with Gasteiger partial charge in [0.2, 0.25) is 0 Å². The zero-order valence-electron chi connectivity index (χ0n) is 12.0. The smallest absolute Gasteiger partial charge is 0.186 e. The largest absolute Gasteiger partial charge is 0.390 e. The van der Waals surface area contributed by atoms with Gasteiger partial charge in [0.15, 0.2) is 12.6 Å². The molecule has 0 unspecified atom stereocenters. The van der Waals surface area contributed by atoms with Crippen LogP contribution in [0.25, 0.3) is 0 Å². The number of aliphatic hydroxyl groups excluding tert-OH is 3. The highest BCUT2D eigenvalue weighted by Gasteiger charge is 2.45. The molecule has 0 aliphatic carbocycles. The van der Waals surface area contributed by atoms with Crippen molar-refractivity contribution < 1.29 is 34.3 Å². The SMILES string of the molecule is CO[C@@H]1O[C@@H](C)[C@@H](O)[C@@H](O[C@H]2CC[C@H](O)[C@H](C)O2)[C@@H]1O. The maximum Gasteiger partial charge on any atom is 0.186 e. The van der Waals surface area contributed by atoms with E-state index in [1.807, 2.05) is 0 Å².